The van der Waals surface area contributed by atoms with Crippen LogP contribution in [0.4, 0.5) is 0 Å². The largest absolute Gasteiger partial charge is 0.494 e. The normalized spacial score (nSPS) is 12.9. The number of hydrogen-bond acceptors (Lipinski definition) is 1. The lowest BCUT2D eigenvalue weighted by Gasteiger charge is -2.15. The van der Waals surface area contributed by atoms with Crippen LogP contribution in [0.3, 0.4) is 0 Å². The summed E-state index contributed by atoms with van der Waals surface area (Å²) in [5, 5.41) is 0. The van der Waals surface area contributed by atoms with Crippen molar-refractivity contribution in [3.63, 3.8) is 0 Å². The Hall–Kier alpha value is -1.24. The molecule has 18 heavy (non-hydrogen) atoms. The first-order valence-electron chi connectivity index (χ1n) is 6.98. The van der Waals surface area contributed by atoms with Crippen molar-refractivity contribution < 1.29 is 4.74 Å². The molecule has 0 aliphatic heterocycles. The summed E-state index contributed by atoms with van der Waals surface area (Å²) in [6, 6.07) is 4.32. The lowest BCUT2D eigenvalue weighted by molar-refractivity contribution is 0.337. The number of allylic oxidation sites excluding steroid dienone is 2. The number of rotatable bonds is 6. The topological polar surface area (TPSA) is 9.23 Å². The van der Waals surface area contributed by atoms with Crippen molar-refractivity contribution in [2.45, 2.75) is 47.5 Å². The molecule has 1 aromatic rings. The molecular weight excluding hydrogens is 220 g/mol. The van der Waals surface area contributed by atoms with Crippen LogP contribution < -0.4 is 4.74 Å². The van der Waals surface area contributed by atoms with E-state index in [-0.39, 0.29) is 0 Å². The monoisotopic (exact) mass is 246 g/mol. The van der Waals surface area contributed by atoms with Gasteiger partial charge in [-0.3, -0.25) is 0 Å². The summed E-state index contributed by atoms with van der Waals surface area (Å²) in [7, 11) is 0. The summed E-state index contributed by atoms with van der Waals surface area (Å²) in [6.07, 6.45) is 6.79. The first-order chi connectivity index (χ1) is 8.60. The third-order valence-electron chi connectivity index (χ3n) is 3.39. The summed E-state index contributed by atoms with van der Waals surface area (Å²) in [5.74, 6) is 1.62. The fraction of sp³-hybridized carbons (Fsp3) is 0.529. The molecule has 0 spiro atoms. The summed E-state index contributed by atoms with van der Waals surface area (Å²) in [5.41, 5.74) is 4.09. The van der Waals surface area contributed by atoms with E-state index in [4.69, 9.17) is 4.74 Å². The molecule has 0 aromatic heterocycles. The third-order valence-corrected chi connectivity index (χ3v) is 3.39. The summed E-state index contributed by atoms with van der Waals surface area (Å²) in [6.45, 7) is 11.6. The highest BCUT2D eigenvalue weighted by atomic mass is 16.5. The summed E-state index contributed by atoms with van der Waals surface area (Å²) in [4.78, 5) is 0. The Labute approximate surface area is 112 Å². The van der Waals surface area contributed by atoms with E-state index >= 15 is 0 Å². The van der Waals surface area contributed by atoms with Crippen LogP contribution in [0.15, 0.2) is 24.3 Å². The Morgan fingerprint density at radius 2 is 1.89 bits per heavy atom. The van der Waals surface area contributed by atoms with Gasteiger partial charge in [0.1, 0.15) is 5.75 Å². The Kier molecular flexibility index (Phi) is 5.97. The standard InChI is InChI=1S/C17H26O/c1-6-8-9-13(3)12-16-10-11-17(18-7-2)15(5)14(16)4/h8-11,13H,6-7,12H2,1-5H3/b9-8-. The predicted molar refractivity (Wildman–Crippen MR) is 79.4 cm³/mol. The molecule has 1 aromatic carbocycles. The van der Waals surface area contributed by atoms with E-state index in [1.807, 2.05) is 6.92 Å². The van der Waals surface area contributed by atoms with Crippen molar-refractivity contribution in [2.75, 3.05) is 6.61 Å². The van der Waals surface area contributed by atoms with Gasteiger partial charge in [-0.15, -0.1) is 0 Å². The zero-order chi connectivity index (χ0) is 13.5. The van der Waals surface area contributed by atoms with E-state index in [9.17, 15) is 0 Å². The zero-order valence-electron chi connectivity index (χ0n) is 12.4. The Balaban J connectivity index is 2.85. The Bertz CT molecular complexity index is 404. The van der Waals surface area contributed by atoms with Crippen LogP contribution in [0.1, 0.15) is 43.9 Å². The molecule has 0 radical (unpaired) electrons. The summed E-state index contributed by atoms with van der Waals surface area (Å²) >= 11 is 0. The average molecular weight is 246 g/mol. The molecule has 0 saturated carbocycles. The molecule has 0 N–H and O–H groups in total. The minimum atomic E-state index is 0.598. The molecule has 0 amide bonds. The van der Waals surface area contributed by atoms with Gasteiger partial charge in [-0.25, -0.2) is 0 Å². The van der Waals surface area contributed by atoms with Crippen LogP contribution >= 0.6 is 0 Å². The molecule has 0 heterocycles. The van der Waals surface area contributed by atoms with Gasteiger partial charge in [-0.05, 0) is 62.3 Å². The van der Waals surface area contributed by atoms with Gasteiger partial charge >= 0.3 is 0 Å². The highest BCUT2D eigenvalue weighted by Crippen LogP contribution is 2.26. The molecule has 0 bridgehead atoms. The highest BCUT2D eigenvalue weighted by Gasteiger charge is 2.08. The zero-order valence-corrected chi connectivity index (χ0v) is 12.4. The second-order valence-corrected chi connectivity index (χ2v) is 4.92. The van der Waals surface area contributed by atoms with E-state index in [2.05, 4.69) is 52.0 Å². The molecule has 0 aliphatic rings. The van der Waals surface area contributed by atoms with E-state index in [0.29, 0.717) is 5.92 Å². The second-order valence-electron chi connectivity index (χ2n) is 4.92. The molecule has 1 rings (SSSR count). The van der Waals surface area contributed by atoms with Gasteiger partial charge in [0.25, 0.3) is 0 Å². The van der Waals surface area contributed by atoms with Crippen molar-refractivity contribution in [1.82, 2.24) is 0 Å². The van der Waals surface area contributed by atoms with Crippen molar-refractivity contribution in [3.05, 3.63) is 41.0 Å². The van der Waals surface area contributed by atoms with Crippen molar-refractivity contribution in [2.24, 2.45) is 5.92 Å². The molecule has 0 aliphatic carbocycles. The van der Waals surface area contributed by atoms with Gasteiger partial charge in [0, 0.05) is 0 Å². The smallest absolute Gasteiger partial charge is 0.122 e. The molecular formula is C17H26O. The molecule has 1 unspecified atom stereocenters. The van der Waals surface area contributed by atoms with E-state index in [1.165, 1.54) is 16.7 Å². The number of hydrogen-bond donors (Lipinski definition) is 0. The van der Waals surface area contributed by atoms with Crippen LogP contribution in [0.5, 0.6) is 5.75 Å². The summed E-state index contributed by atoms with van der Waals surface area (Å²) < 4.78 is 5.63. The van der Waals surface area contributed by atoms with Gasteiger partial charge in [-0.1, -0.05) is 32.1 Å². The van der Waals surface area contributed by atoms with E-state index < -0.39 is 0 Å². The SMILES string of the molecule is CC/C=C\C(C)Cc1ccc(OCC)c(C)c1C. The molecule has 100 valence electrons. The maximum Gasteiger partial charge on any atom is 0.122 e. The minimum absolute atomic E-state index is 0.598. The van der Waals surface area contributed by atoms with E-state index in [0.717, 1.165) is 25.2 Å². The molecule has 1 nitrogen and oxygen atoms in total. The van der Waals surface area contributed by atoms with E-state index in [1.54, 1.807) is 0 Å². The van der Waals surface area contributed by atoms with Gasteiger partial charge in [0.05, 0.1) is 6.61 Å². The lowest BCUT2D eigenvalue weighted by Crippen LogP contribution is -2.02. The van der Waals surface area contributed by atoms with Gasteiger partial charge in [0.15, 0.2) is 0 Å². The van der Waals surface area contributed by atoms with Gasteiger partial charge < -0.3 is 4.74 Å². The van der Waals surface area contributed by atoms with Crippen LogP contribution in [-0.4, -0.2) is 6.61 Å². The quantitative estimate of drug-likeness (QED) is 0.652. The number of benzene rings is 1. The van der Waals surface area contributed by atoms with Gasteiger partial charge in [0.2, 0.25) is 0 Å². The fourth-order valence-corrected chi connectivity index (χ4v) is 2.17. The van der Waals surface area contributed by atoms with Crippen LogP contribution in [0.2, 0.25) is 0 Å². The number of ether oxygens (including phenoxy) is 1. The Morgan fingerprint density at radius 3 is 2.50 bits per heavy atom. The molecule has 1 atom stereocenters. The van der Waals surface area contributed by atoms with Gasteiger partial charge in [-0.2, -0.15) is 0 Å². The maximum absolute atomic E-state index is 5.63. The highest BCUT2D eigenvalue weighted by molar-refractivity contribution is 5.43. The van der Waals surface area contributed by atoms with Crippen molar-refractivity contribution in [1.29, 1.82) is 0 Å². The first-order valence-corrected chi connectivity index (χ1v) is 6.98. The molecule has 1 heteroatoms. The molecule has 0 saturated heterocycles. The van der Waals surface area contributed by atoms with Crippen LogP contribution in [-0.2, 0) is 6.42 Å². The minimum Gasteiger partial charge on any atom is -0.494 e. The second kappa shape index (κ2) is 7.25. The average Bonchev–Trinajstić information content (AvgIpc) is 2.36. The lowest BCUT2D eigenvalue weighted by atomic mass is 9.94. The van der Waals surface area contributed by atoms with Crippen molar-refractivity contribution in [3.8, 4) is 5.75 Å². The van der Waals surface area contributed by atoms with Crippen LogP contribution in [0.25, 0.3) is 0 Å². The van der Waals surface area contributed by atoms with Crippen molar-refractivity contribution >= 4 is 0 Å². The third kappa shape index (κ3) is 3.90. The Morgan fingerprint density at radius 1 is 1.17 bits per heavy atom. The predicted octanol–water partition coefficient (Wildman–Crippen LogP) is 4.85. The van der Waals surface area contributed by atoms with Crippen LogP contribution in [0, 0.1) is 19.8 Å². The maximum atomic E-state index is 5.63. The first kappa shape index (κ1) is 14.8. The fourth-order valence-electron chi connectivity index (χ4n) is 2.17. The molecule has 0 fully saturated rings.